The molecule has 0 aliphatic rings. The fraction of sp³-hybridized carbons (Fsp3) is 0.882. The summed E-state index contributed by atoms with van der Waals surface area (Å²) in [5, 5.41) is 0. The molecule has 0 bridgehead atoms. The van der Waals surface area contributed by atoms with Crippen molar-refractivity contribution in [3.63, 3.8) is 0 Å². The van der Waals surface area contributed by atoms with E-state index < -0.39 is 6.10 Å². The monoisotopic (exact) mass is 789 g/mol. The summed E-state index contributed by atoms with van der Waals surface area (Å²) in [6.07, 6.45) is 54.8. The summed E-state index contributed by atoms with van der Waals surface area (Å²) >= 11 is 0. The van der Waals surface area contributed by atoms with E-state index in [9.17, 15) is 9.59 Å². The van der Waals surface area contributed by atoms with Crippen LogP contribution in [0.5, 0.6) is 0 Å². The number of ether oxygens (including phenoxy) is 3. The number of hydrogen-bond donors (Lipinski definition) is 0. The van der Waals surface area contributed by atoms with E-state index in [2.05, 4.69) is 45.1 Å². The number of esters is 2. The zero-order chi connectivity index (χ0) is 40.7. The van der Waals surface area contributed by atoms with E-state index in [0.717, 1.165) is 44.9 Å². The summed E-state index contributed by atoms with van der Waals surface area (Å²) in [6, 6.07) is 0. The van der Waals surface area contributed by atoms with Gasteiger partial charge in [0.15, 0.2) is 6.10 Å². The van der Waals surface area contributed by atoms with E-state index in [1.165, 1.54) is 186 Å². The van der Waals surface area contributed by atoms with Gasteiger partial charge in [-0.1, -0.05) is 231 Å². The average molecular weight is 789 g/mol. The molecule has 0 heterocycles. The predicted octanol–water partition coefficient (Wildman–Crippen LogP) is 16.5. The van der Waals surface area contributed by atoms with Gasteiger partial charge in [-0.2, -0.15) is 0 Å². The molecule has 0 N–H and O–H groups in total. The SMILES string of the molecule is CCC/C=C\C/C=C\CCCCCCCCOCC(COC(=O)CCCCCCCCCCCCCCCCCCCCC)OC(=O)CCCCCCCCC. The van der Waals surface area contributed by atoms with Crippen LogP contribution in [-0.2, 0) is 23.8 Å². The molecule has 1 unspecified atom stereocenters. The molecule has 0 aromatic heterocycles. The molecule has 0 rings (SSSR count). The number of hydrogen-bond acceptors (Lipinski definition) is 5. The number of carbonyl (C=O) groups excluding carboxylic acids is 2. The number of carbonyl (C=O) groups is 2. The zero-order valence-electron chi connectivity index (χ0n) is 37.9. The van der Waals surface area contributed by atoms with Crippen LogP contribution in [0.25, 0.3) is 0 Å². The van der Waals surface area contributed by atoms with E-state index in [1.54, 1.807) is 0 Å². The summed E-state index contributed by atoms with van der Waals surface area (Å²) in [7, 11) is 0. The lowest BCUT2D eigenvalue weighted by molar-refractivity contribution is -0.163. The third-order valence-electron chi connectivity index (χ3n) is 11.0. The minimum absolute atomic E-state index is 0.0875. The molecule has 0 radical (unpaired) electrons. The molecule has 0 saturated heterocycles. The molecule has 0 aromatic carbocycles. The van der Waals surface area contributed by atoms with Gasteiger partial charge in [0.1, 0.15) is 6.61 Å². The van der Waals surface area contributed by atoms with E-state index in [1.807, 2.05) is 0 Å². The van der Waals surface area contributed by atoms with Crippen LogP contribution in [0.15, 0.2) is 24.3 Å². The van der Waals surface area contributed by atoms with Crippen LogP contribution < -0.4 is 0 Å². The van der Waals surface area contributed by atoms with Crippen molar-refractivity contribution in [1.29, 1.82) is 0 Å². The van der Waals surface area contributed by atoms with Gasteiger partial charge in [-0.05, 0) is 44.9 Å². The van der Waals surface area contributed by atoms with Crippen molar-refractivity contribution in [1.82, 2.24) is 0 Å². The van der Waals surface area contributed by atoms with Crippen molar-refractivity contribution < 1.29 is 23.8 Å². The Hall–Kier alpha value is -1.62. The normalized spacial score (nSPS) is 12.3. The molecule has 0 amide bonds. The largest absolute Gasteiger partial charge is 0.462 e. The van der Waals surface area contributed by atoms with Crippen LogP contribution in [0.1, 0.15) is 265 Å². The summed E-state index contributed by atoms with van der Waals surface area (Å²) in [5.41, 5.74) is 0. The van der Waals surface area contributed by atoms with Gasteiger partial charge in [-0.15, -0.1) is 0 Å². The summed E-state index contributed by atoms with van der Waals surface area (Å²) in [5.74, 6) is -0.394. The highest BCUT2D eigenvalue weighted by Gasteiger charge is 2.17. The third kappa shape index (κ3) is 45.1. The quantitative estimate of drug-likeness (QED) is 0.0349. The molecule has 0 spiro atoms. The Kier molecular flexibility index (Phi) is 46.4. The van der Waals surface area contributed by atoms with Crippen LogP contribution in [0.4, 0.5) is 0 Å². The van der Waals surface area contributed by atoms with Crippen LogP contribution >= 0.6 is 0 Å². The van der Waals surface area contributed by atoms with E-state index in [0.29, 0.717) is 19.4 Å². The highest BCUT2D eigenvalue weighted by molar-refractivity contribution is 5.70. The van der Waals surface area contributed by atoms with Crippen molar-refractivity contribution in [3.05, 3.63) is 24.3 Å². The first-order valence-corrected chi connectivity index (χ1v) is 24.9. The molecule has 0 aliphatic carbocycles. The minimum atomic E-state index is -0.531. The van der Waals surface area contributed by atoms with Gasteiger partial charge in [0, 0.05) is 19.4 Å². The lowest BCUT2D eigenvalue weighted by Crippen LogP contribution is -2.30. The summed E-state index contributed by atoms with van der Waals surface area (Å²) in [4.78, 5) is 25.2. The number of allylic oxidation sites excluding steroid dienone is 4. The van der Waals surface area contributed by atoms with Crippen molar-refractivity contribution in [2.45, 2.75) is 271 Å². The van der Waals surface area contributed by atoms with Crippen LogP contribution in [-0.4, -0.2) is 37.9 Å². The fourth-order valence-electron chi connectivity index (χ4n) is 7.25. The predicted molar refractivity (Wildman–Crippen MR) is 242 cm³/mol. The van der Waals surface area contributed by atoms with Gasteiger partial charge in [-0.3, -0.25) is 9.59 Å². The molecule has 0 fully saturated rings. The Bertz CT molecular complexity index is 851. The maximum atomic E-state index is 12.6. The molecular formula is C51H96O5. The molecule has 0 aromatic rings. The lowest BCUT2D eigenvalue weighted by atomic mass is 10.0. The fourth-order valence-corrected chi connectivity index (χ4v) is 7.25. The van der Waals surface area contributed by atoms with Gasteiger partial charge in [0.25, 0.3) is 0 Å². The first-order valence-electron chi connectivity index (χ1n) is 24.9. The van der Waals surface area contributed by atoms with Crippen LogP contribution in [0, 0.1) is 0 Å². The second-order valence-electron chi connectivity index (χ2n) is 16.7. The minimum Gasteiger partial charge on any atom is -0.462 e. The lowest BCUT2D eigenvalue weighted by Gasteiger charge is -2.18. The van der Waals surface area contributed by atoms with Crippen LogP contribution in [0.2, 0.25) is 0 Å². The molecule has 5 nitrogen and oxygen atoms in total. The first-order chi connectivity index (χ1) is 27.6. The highest BCUT2D eigenvalue weighted by Crippen LogP contribution is 2.16. The topological polar surface area (TPSA) is 61.8 Å². The van der Waals surface area contributed by atoms with Crippen molar-refractivity contribution in [2.24, 2.45) is 0 Å². The smallest absolute Gasteiger partial charge is 0.306 e. The molecule has 1 atom stereocenters. The molecule has 5 heteroatoms. The molecule has 0 saturated carbocycles. The van der Waals surface area contributed by atoms with E-state index in [-0.39, 0.29) is 25.2 Å². The summed E-state index contributed by atoms with van der Waals surface area (Å²) in [6.45, 7) is 7.75. The number of rotatable bonds is 46. The Morgan fingerprint density at radius 2 is 0.786 bits per heavy atom. The zero-order valence-corrected chi connectivity index (χ0v) is 37.9. The van der Waals surface area contributed by atoms with Gasteiger partial charge < -0.3 is 14.2 Å². The highest BCUT2D eigenvalue weighted by atomic mass is 16.6. The Morgan fingerprint density at radius 1 is 0.393 bits per heavy atom. The molecule has 0 aliphatic heterocycles. The Morgan fingerprint density at radius 3 is 1.25 bits per heavy atom. The first kappa shape index (κ1) is 54.4. The molecular weight excluding hydrogens is 693 g/mol. The maximum absolute atomic E-state index is 12.6. The van der Waals surface area contributed by atoms with Gasteiger partial charge in [0.2, 0.25) is 0 Å². The van der Waals surface area contributed by atoms with E-state index in [4.69, 9.17) is 14.2 Å². The number of unbranched alkanes of at least 4 members (excludes halogenated alkanes) is 31. The van der Waals surface area contributed by atoms with Crippen molar-refractivity contribution in [3.8, 4) is 0 Å². The second-order valence-corrected chi connectivity index (χ2v) is 16.7. The van der Waals surface area contributed by atoms with Crippen molar-refractivity contribution in [2.75, 3.05) is 19.8 Å². The van der Waals surface area contributed by atoms with Gasteiger partial charge in [-0.25, -0.2) is 0 Å². The molecule has 56 heavy (non-hydrogen) atoms. The Labute approximate surface area is 349 Å². The third-order valence-corrected chi connectivity index (χ3v) is 11.0. The van der Waals surface area contributed by atoms with E-state index >= 15 is 0 Å². The standard InChI is InChI=1S/C51H96O5/c1-4-7-10-13-16-18-20-22-24-25-26-27-28-29-31-33-36-38-41-44-50(52)55-48-49(56-51(53)45-42-39-35-15-12-9-6-3)47-54-46-43-40-37-34-32-30-23-21-19-17-14-11-8-5-2/h11,14,19,21,49H,4-10,12-13,15-18,20,22-48H2,1-3H3/b14-11-,21-19-. The Balaban J connectivity index is 4.06. The molecule has 330 valence electrons. The van der Waals surface area contributed by atoms with Crippen molar-refractivity contribution >= 4 is 11.9 Å². The summed E-state index contributed by atoms with van der Waals surface area (Å²) < 4.78 is 17.3. The second kappa shape index (κ2) is 47.8. The van der Waals surface area contributed by atoms with Gasteiger partial charge in [0.05, 0.1) is 6.61 Å². The van der Waals surface area contributed by atoms with Gasteiger partial charge >= 0.3 is 11.9 Å². The average Bonchev–Trinajstić information content (AvgIpc) is 3.20. The maximum Gasteiger partial charge on any atom is 0.306 e. The van der Waals surface area contributed by atoms with Crippen LogP contribution in [0.3, 0.4) is 0 Å².